The lowest BCUT2D eigenvalue weighted by Crippen LogP contribution is -2.30. The fraction of sp³-hybridized carbons (Fsp3) is 0.412. The molecule has 2 heterocycles. The first-order valence-electron chi connectivity index (χ1n) is 8.03. The first-order valence-corrected chi connectivity index (χ1v) is 8.03. The molecule has 126 valence electrons. The van der Waals surface area contributed by atoms with E-state index in [1.165, 1.54) is 0 Å². The van der Waals surface area contributed by atoms with Gasteiger partial charge in [-0.1, -0.05) is 37.2 Å². The number of fused-ring (bicyclic) bond motifs is 1. The van der Waals surface area contributed by atoms with Crippen molar-refractivity contribution in [3.05, 3.63) is 47.1 Å². The van der Waals surface area contributed by atoms with Crippen LogP contribution in [0.1, 0.15) is 59.9 Å². The smallest absolute Gasteiger partial charge is 0.252 e. The van der Waals surface area contributed by atoms with Crippen LogP contribution in [0.15, 0.2) is 28.8 Å². The van der Waals surface area contributed by atoms with Crippen molar-refractivity contribution in [2.75, 3.05) is 6.54 Å². The summed E-state index contributed by atoms with van der Waals surface area (Å²) in [5.41, 5.74) is 1.51. The summed E-state index contributed by atoms with van der Waals surface area (Å²) >= 11 is 0. The predicted octanol–water partition coefficient (Wildman–Crippen LogP) is 1.73. The average Bonchev–Trinajstić information content (AvgIpc) is 3.14. The second kappa shape index (κ2) is 6.82. The number of hydrogen-bond donors (Lipinski definition) is 2. The van der Waals surface area contributed by atoms with Gasteiger partial charge in [-0.2, -0.15) is 4.98 Å². The van der Waals surface area contributed by atoms with Gasteiger partial charge in [0.1, 0.15) is 0 Å². The lowest BCUT2D eigenvalue weighted by atomic mass is 10.0. The van der Waals surface area contributed by atoms with Crippen LogP contribution >= 0.6 is 0 Å². The number of nitrogens with zero attached hydrogens (tertiary/aromatic N) is 2. The second-order valence-corrected chi connectivity index (χ2v) is 6.12. The van der Waals surface area contributed by atoms with Gasteiger partial charge in [-0.15, -0.1) is 0 Å². The Kier molecular flexibility index (Phi) is 4.59. The van der Waals surface area contributed by atoms with Crippen LogP contribution in [0.4, 0.5) is 0 Å². The summed E-state index contributed by atoms with van der Waals surface area (Å²) in [5.74, 6) is 1.14. The molecule has 24 heavy (non-hydrogen) atoms. The molecule has 7 nitrogen and oxygen atoms in total. The van der Waals surface area contributed by atoms with Crippen molar-refractivity contribution in [2.45, 2.75) is 38.6 Å². The molecular formula is C17H20N4O3. The number of aromatic nitrogens is 2. The zero-order valence-corrected chi connectivity index (χ0v) is 13.7. The lowest BCUT2D eigenvalue weighted by Gasteiger charge is -2.11. The van der Waals surface area contributed by atoms with Crippen LogP contribution in [-0.2, 0) is 11.2 Å². The largest absolute Gasteiger partial charge is 0.356 e. The minimum Gasteiger partial charge on any atom is -0.356 e. The number of carbonyl (C=O) groups is 2. The molecule has 0 radical (unpaired) electrons. The Morgan fingerprint density at radius 3 is 2.92 bits per heavy atom. The van der Waals surface area contributed by atoms with Gasteiger partial charge in [-0.25, -0.2) is 0 Å². The minimum absolute atomic E-state index is 0.124. The third-order valence-electron chi connectivity index (χ3n) is 3.94. The van der Waals surface area contributed by atoms with Gasteiger partial charge < -0.3 is 15.2 Å². The van der Waals surface area contributed by atoms with Crippen molar-refractivity contribution in [2.24, 2.45) is 0 Å². The molecule has 1 aromatic carbocycles. The van der Waals surface area contributed by atoms with Gasteiger partial charge in [0, 0.05) is 24.4 Å². The minimum atomic E-state index is -0.273. The third kappa shape index (κ3) is 3.45. The van der Waals surface area contributed by atoms with Crippen LogP contribution in [0.25, 0.3) is 0 Å². The van der Waals surface area contributed by atoms with Gasteiger partial charge in [0.05, 0.1) is 12.5 Å². The van der Waals surface area contributed by atoms with Crippen LogP contribution in [-0.4, -0.2) is 28.5 Å². The Balaban J connectivity index is 1.49. The molecule has 1 aliphatic heterocycles. The first kappa shape index (κ1) is 16.2. The molecule has 7 heteroatoms. The molecular weight excluding hydrogens is 308 g/mol. The van der Waals surface area contributed by atoms with Crippen molar-refractivity contribution in [3.8, 4) is 0 Å². The number of rotatable bonds is 6. The molecule has 1 aromatic heterocycles. The molecule has 0 aliphatic carbocycles. The van der Waals surface area contributed by atoms with Crippen molar-refractivity contribution >= 4 is 11.8 Å². The average molecular weight is 328 g/mol. The Labute approximate surface area is 139 Å². The predicted molar refractivity (Wildman–Crippen MR) is 86.4 cm³/mol. The van der Waals surface area contributed by atoms with Crippen LogP contribution in [0, 0.1) is 0 Å². The second-order valence-electron chi connectivity index (χ2n) is 6.12. The van der Waals surface area contributed by atoms with Gasteiger partial charge in [0.25, 0.3) is 5.91 Å². The fourth-order valence-corrected chi connectivity index (χ4v) is 2.65. The zero-order valence-electron chi connectivity index (χ0n) is 13.7. The highest BCUT2D eigenvalue weighted by Crippen LogP contribution is 2.27. The van der Waals surface area contributed by atoms with E-state index in [9.17, 15) is 9.59 Å². The van der Waals surface area contributed by atoms with Crippen LogP contribution < -0.4 is 10.6 Å². The van der Waals surface area contributed by atoms with Gasteiger partial charge in [-0.3, -0.25) is 9.59 Å². The summed E-state index contributed by atoms with van der Waals surface area (Å²) < 4.78 is 5.13. The van der Waals surface area contributed by atoms with Crippen molar-refractivity contribution in [1.82, 2.24) is 20.8 Å². The van der Waals surface area contributed by atoms with E-state index in [1.807, 2.05) is 32.0 Å². The lowest BCUT2D eigenvalue weighted by molar-refractivity contribution is -0.121. The summed E-state index contributed by atoms with van der Waals surface area (Å²) in [4.78, 5) is 28.2. The normalized spacial score (nSPS) is 16.1. The maximum absolute atomic E-state index is 12.1. The fourth-order valence-electron chi connectivity index (χ4n) is 2.65. The van der Waals surface area contributed by atoms with E-state index in [0.717, 1.165) is 5.56 Å². The van der Waals surface area contributed by atoms with E-state index in [2.05, 4.69) is 20.8 Å². The van der Waals surface area contributed by atoms with E-state index in [4.69, 9.17) is 4.52 Å². The summed E-state index contributed by atoms with van der Waals surface area (Å²) in [6.45, 7) is 4.40. The molecule has 2 amide bonds. The molecule has 1 aliphatic rings. The van der Waals surface area contributed by atoms with Gasteiger partial charge in [-0.05, 0) is 11.6 Å². The summed E-state index contributed by atoms with van der Waals surface area (Å²) in [7, 11) is 0. The molecule has 2 N–H and O–H groups in total. The van der Waals surface area contributed by atoms with Gasteiger partial charge in [0.2, 0.25) is 11.8 Å². The highest BCUT2D eigenvalue weighted by atomic mass is 16.5. The number of amides is 2. The number of nitrogens with one attached hydrogen (secondary N) is 2. The SMILES string of the molecule is CC(C)c1noc(CCNC(=O)CC2NC(=O)c3ccccc32)n1. The molecule has 0 bridgehead atoms. The summed E-state index contributed by atoms with van der Waals surface area (Å²) in [5, 5.41) is 9.54. The van der Waals surface area contributed by atoms with Crippen molar-refractivity contribution in [1.29, 1.82) is 0 Å². The van der Waals surface area contributed by atoms with Gasteiger partial charge in [0.15, 0.2) is 5.82 Å². The maximum atomic E-state index is 12.1. The van der Waals surface area contributed by atoms with Crippen LogP contribution in [0.3, 0.4) is 0 Å². The van der Waals surface area contributed by atoms with E-state index >= 15 is 0 Å². The molecule has 0 spiro atoms. The standard InChI is InChI=1S/C17H20N4O3/c1-10(2)16-20-15(24-21-16)7-8-18-14(22)9-13-11-5-3-4-6-12(11)17(23)19-13/h3-6,10,13H,7-9H2,1-2H3,(H,18,22)(H,19,23). The highest BCUT2D eigenvalue weighted by molar-refractivity contribution is 5.99. The zero-order chi connectivity index (χ0) is 17.1. The quantitative estimate of drug-likeness (QED) is 0.841. The van der Waals surface area contributed by atoms with E-state index in [0.29, 0.717) is 30.2 Å². The summed E-state index contributed by atoms with van der Waals surface area (Å²) in [6.07, 6.45) is 0.697. The van der Waals surface area contributed by atoms with Crippen molar-refractivity contribution in [3.63, 3.8) is 0 Å². The number of benzene rings is 1. The Hall–Kier alpha value is -2.70. The molecule has 0 saturated heterocycles. The number of hydrogen-bond acceptors (Lipinski definition) is 5. The van der Waals surface area contributed by atoms with Crippen LogP contribution in [0.2, 0.25) is 0 Å². The first-order chi connectivity index (χ1) is 11.5. The molecule has 1 atom stereocenters. The van der Waals surface area contributed by atoms with Crippen molar-refractivity contribution < 1.29 is 14.1 Å². The highest BCUT2D eigenvalue weighted by Gasteiger charge is 2.29. The molecule has 2 aromatic rings. The number of carbonyl (C=O) groups excluding carboxylic acids is 2. The maximum Gasteiger partial charge on any atom is 0.252 e. The Morgan fingerprint density at radius 1 is 1.38 bits per heavy atom. The van der Waals surface area contributed by atoms with E-state index in [1.54, 1.807) is 6.07 Å². The van der Waals surface area contributed by atoms with E-state index < -0.39 is 0 Å². The molecule has 3 rings (SSSR count). The Morgan fingerprint density at radius 2 is 2.17 bits per heavy atom. The summed E-state index contributed by atoms with van der Waals surface area (Å²) in [6, 6.07) is 7.05. The topological polar surface area (TPSA) is 97.1 Å². The molecule has 0 fully saturated rings. The third-order valence-corrected chi connectivity index (χ3v) is 3.94. The monoisotopic (exact) mass is 328 g/mol. The van der Waals surface area contributed by atoms with E-state index in [-0.39, 0.29) is 30.2 Å². The molecule has 1 unspecified atom stereocenters. The van der Waals surface area contributed by atoms with Crippen LogP contribution in [0.5, 0.6) is 0 Å². The molecule has 0 saturated carbocycles. The van der Waals surface area contributed by atoms with Gasteiger partial charge >= 0.3 is 0 Å². The Bertz CT molecular complexity index is 754.